The highest BCUT2D eigenvalue weighted by atomic mass is 35.5. The highest BCUT2D eigenvalue weighted by Gasteiger charge is 2.11. The van der Waals surface area contributed by atoms with Gasteiger partial charge in [-0.25, -0.2) is 9.59 Å². The molecule has 0 aliphatic carbocycles. The van der Waals surface area contributed by atoms with E-state index in [1.807, 2.05) is 0 Å². The number of carbonyl (C=O) groups is 3. The summed E-state index contributed by atoms with van der Waals surface area (Å²) >= 11 is 5.68. The van der Waals surface area contributed by atoms with Crippen LogP contribution >= 0.6 is 11.6 Å². The standard InChI is InChI=1S/C11H8ClNO5/c12-6-1-2-7(11(17)18)8(5-6)13-9(14)3-4-10(15)16/h1-5H,(H,13,14)(H,15,16)(H,17,18). The first-order valence-electron chi connectivity index (χ1n) is 4.65. The van der Waals surface area contributed by atoms with E-state index in [1.165, 1.54) is 18.2 Å². The van der Waals surface area contributed by atoms with Crippen molar-refractivity contribution in [2.45, 2.75) is 0 Å². The monoisotopic (exact) mass is 269 g/mol. The summed E-state index contributed by atoms with van der Waals surface area (Å²) in [4.78, 5) is 32.4. The first kappa shape index (κ1) is 13.7. The smallest absolute Gasteiger partial charge is 0.337 e. The molecule has 0 fully saturated rings. The molecule has 1 amide bonds. The molecule has 1 aromatic rings. The van der Waals surface area contributed by atoms with Gasteiger partial charge in [-0.1, -0.05) is 11.6 Å². The Kier molecular flexibility index (Phi) is 4.45. The number of amides is 1. The summed E-state index contributed by atoms with van der Waals surface area (Å²) in [5, 5.41) is 19.7. The lowest BCUT2D eigenvalue weighted by Crippen LogP contribution is -2.12. The number of halogens is 1. The van der Waals surface area contributed by atoms with Gasteiger partial charge in [-0.3, -0.25) is 4.79 Å². The van der Waals surface area contributed by atoms with Crippen LogP contribution in [0.1, 0.15) is 10.4 Å². The summed E-state index contributed by atoms with van der Waals surface area (Å²) in [5.74, 6) is -3.28. The van der Waals surface area contributed by atoms with Crippen LogP contribution in [0.5, 0.6) is 0 Å². The third-order valence-electron chi connectivity index (χ3n) is 1.85. The van der Waals surface area contributed by atoms with Gasteiger partial charge in [0.1, 0.15) is 0 Å². The fourth-order valence-electron chi connectivity index (χ4n) is 1.13. The fraction of sp³-hybridized carbons (Fsp3) is 0. The van der Waals surface area contributed by atoms with Crippen molar-refractivity contribution in [1.82, 2.24) is 0 Å². The van der Waals surface area contributed by atoms with E-state index in [-0.39, 0.29) is 16.3 Å². The number of hydrogen-bond donors (Lipinski definition) is 3. The van der Waals surface area contributed by atoms with E-state index >= 15 is 0 Å². The predicted molar refractivity (Wildman–Crippen MR) is 63.8 cm³/mol. The van der Waals surface area contributed by atoms with Crippen molar-refractivity contribution >= 4 is 35.1 Å². The molecule has 3 N–H and O–H groups in total. The van der Waals surface area contributed by atoms with Gasteiger partial charge in [-0.2, -0.15) is 0 Å². The number of rotatable bonds is 4. The summed E-state index contributed by atoms with van der Waals surface area (Å²) < 4.78 is 0. The van der Waals surface area contributed by atoms with Gasteiger partial charge in [-0.05, 0) is 18.2 Å². The number of carbonyl (C=O) groups excluding carboxylic acids is 1. The van der Waals surface area contributed by atoms with Gasteiger partial charge in [-0.15, -0.1) is 0 Å². The molecule has 0 radical (unpaired) electrons. The van der Waals surface area contributed by atoms with Gasteiger partial charge in [0.25, 0.3) is 0 Å². The number of nitrogens with one attached hydrogen (secondary N) is 1. The van der Waals surface area contributed by atoms with Crippen LogP contribution in [0.4, 0.5) is 5.69 Å². The zero-order chi connectivity index (χ0) is 13.7. The number of benzene rings is 1. The number of aromatic carboxylic acids is 1. The van der Waals surface area contributed by atoms with Crippen LogP contribution < -0.4 is 5.32 Å². The lowest BCUT2D eigenvalue weighted by Gasteiger charge is -2.06. The lowest BCUT2D eigenvalue weighted by atomic mass is 10.2. The first-order valence-corrected chi connectivity index (χ1v) is 5.03. The molecule has 0 saturated heterocycles. The van der Waals surface area contributed by atoms with Crippen LogP contribution in [-0.2, 0) is 9.59 Å². The Morgan fingerprint density at radius 3 is 2.39 bits per heavy atom. The summed E-state index contributed by atoms with van der Waals surface area (Å²) in [6, 6.07) is 3.87. The fourth-order valence-corrected chi connectivity index (χ4v) is 1.30. The van der Waals surface area contributed by atoms with Crippen LogP contribution in [-0.4, -0.2) is 28.1 Å². The maximum atomic E-state index is 11.3. The largest absolute Gasteiger partial charge is 0.478 e. The molecule has 0 heterocycles. The molecule has 94 valence electrons. The molecule has 1 aromatic carbocycles. The molecule has 0 aliphatic heterocycles. The third-order valence-corrected chi connectivity index (χ3v) is 2.08. The van der Waals surface area contributed by atoms with E-state index in [4.69, 9.17) is 21.8 Å². The summed E-state index contributed by atoms with van der Waals surface area (Å²) in [7, 11) is 0. The molecule has 6 nitrogen and oxygen atoms in total. The molecule has 0 unspecified atom stereocenters. The Bertz CT molecular complexity index is 538. The Morgan fingerprint density at radius 1 is 1.17 bits per heavy atom. The second-order valence-electron chi connectivity index (χ2n) is 3.16. The molecular formula is C11H8ClNO5. The predicted octanol–water partition coefficient (Wildman–Crippen LogP) is 1.62. The third kappa shape index (κ3) is 3.91. The number of carboxylic acids is 2. The van der Waals surface area contributed by atoms with Crippen LogP contribution in [0.2, 0.25) is 5.02 Å². The molecule has 7 heteroatoms. The minimum absolute atomic E-state index is 0.00459. The second kappa shape index (κ2) is 5.83. The molecule has 18 heavy (non-hydrogen) atoms. The highest BCUT2D eigenvalue weighted by Crippen LogP contribution is 2.21. The molecular weight excluding hydrogens is 262 g/mol. The van der Waals surface area contributed by atoms with Gasteiger partial charge in [0.05, 0.1) is 11.3 Å². The number of aliphatic carboxylic acids is 1. The number of hydrogen-bond acceptors (Lipinski definition) is 3. The number of carboxylic acid groups (broad SMARTS) is 2. The van der Waals surface area contributed by atoms with Gasteiger partial charge in [0.15, 0.2) is 0 Å². The van der Waals surface area contributed by atoms with Gasteiger partial charge in [0.2, 0.25) is 5.91 Å². The Labute approximate surface area is 106 Å². The van der Waals surface area contributed by atoms with Gasteiger partial charge >= 0.3 is 11.9 Å². The molecule has 0 bridgehead atoms. The van der Waals surface area contributed by atoms with Crippen LogP contribution in [0.25, 0.3) is 0 Å². The van der Waals surface area contributed by atoms with Crippen molar-refractivity contribution in [2.24, 2.45) is 0 Å². The Hall–Kier alpha value is -2.34. The van der Waals surface area contributed by atoms with E-state index in [2.05, 4.69) is 5.32 Å². The lowest BCUT2D eigenvalue weighted by molar-refractivity contribution is -0.131. The van der Waals surface area contributed by atoms with Crippen molar-refractivity contribution in [1.29, 1.82) is 0 Å². The van der Waals surface area contributed by atoms with Crippen LogP contribution in [0, 0.1) is 0 Å². The van der Waals surface area contributed by atoms with E-state index < -0.39 is 17.8 Å². The molecule has 0 saturated carbocycles. The summed E-state index contributed by atoms with van der Waals surface area (Å²) in [5.41, 5.74) is -0.147. The molecule has 0 aliphatic rings. The topological polar surface area (TPSA) is 104 Å². The quantitative estimate of drug-likeness (QED) is 0.721. The summed E-state index contributed by atoms with van der Waals surface area (Å²) in [6.45, 7) is 0. The van der Waals surface area contributed by atoms with Crippen molar-refractivity contribution in [3.63, 3.8) is 0 Å². The maximum Gasteiger partial charge on any atom is 0.337 e. The minimum Gasteiger partial charge on any atom is -0.478 e. The van der Waals surface area contributed by atoms with Crippen molar-refractivity contribution in [3.05, 3.63) is 40.9 Å². The van der Waals surface area contributed by atoms with Crippen LogP contribution in [0.3, 0.4) is 0 Å². The zero-order valence-corrected chi connectivity index (χ0v) is 9.64. The molecule has 0 atom stereocenters. The average Bonchev–Trinajstić information content (AvgIpc) is 2.26. The van der Waals surface area contributed by atoms with E-state index in [1.54, 1.807) is 0 Å². The average molecular weight is 270 g/mol. The maximum absolute atomic E-state index is 11.3. The van der Waals surface area contributed by atoms with Crippen molar-refractivity contribution < 1.29 is 24.6 Å². The van der Waals surface area contributed by atoms with Crippen LogP contribution in [0.15, 0.2) is 30.4 Å². The highest BCUT2D eigenvalue weighted by molar-refractivity contribution is 6.31. The van der Waals surface area contributed by atoms with Gasteiger partial charge < -0.3 is 15.5 Å². The normalized spacial score (nSPS) is 10.3. The number of anilines is 1. The Morgan fingerprint density at radius 2 is 1.83 bits per heavy atom. The van der Waals surface area contributed by atoms with Crippen molar-refractivity contribution in [2.75, 3.05) is 5.32 Å². The van der Waals surface area contributed by atoms with E-state index in [9.17, 15) is 14.4 Å². The molecule has 0 spiro atoms. The Balaban J connectivity index is 2.96. The summed E-state index contributed by atoms with van der Waals surface area (Å²) in [6.07, 6.45) is 1.41. The van der Waals surface area contributed by atoms with Crippen molar-refractivity contribution in [3.8, 4) is 0 Å². The molecule has 1 rings (SSSR count). The SMILES string of the molecule is O=C(O)C=CC(=O)Nc1cc(Cl)ccc1C(=O)O. The minimum atomic E-state index is -1.28. The molecule has 0 aromatic heterocycles. The van der Waals surface area contributed by atoms with E-state index in [0.29, 0.717) is 6.08 Å². The van der Waals surface area contributed by atoms with E-state index in [0.717, 1.165) is 6.08 Å². The second-order valence-corrected chi connectivity index (χ2v) is 3.59. The first-order chi connectivity index (χ1) is 8.40. The van der Waals surface area contributed by atoms with Gasteiger partial charge in [0, 0.05) is 17.2 Å². The zero-order valence-electron chi connectivity index (χ0n) is 8.88.